The number of nitrogen functional groups attached to an aromatic ring is 1. The molecule has 0 unspecified atom stereocenters. The Labute approximate surface area is 238 Å². The third-order valence-corrected chi connectivity index (χ3v) is 8.02. The molecule has 0 saturated carbocycles. The molecule has 4 aromatic rings. The van der Waals surface area contributed by atoms with Crippen LogP contribution >= 0.6 is 0 Å². The minimum absolute atomic E-state index is 0.0203. The lowest BCUT2D eigenvalue weighted by Crippen LogP contribution is -2.36. The topological polar surface area (TPSA) is 158 Å². The van der Waals surface area contributed by atoms with Crippen LogP contribution in [0.5, 0.6) is 0 Å². The summed E-state index contributed by atoms with van der Waals surface area (Å²) in [5.74, 6) is -0.644. The molecule has 214 valence electrons. The number of nitrogens with one attached hydrogen (secondary N) is 1. The number of nitrogens with zero attached hydrogens (tertiary/aromatic N) is 3. The smallest absolute Gasteiger partial charge is 0.326 e. The first-order valence-electron chi connectivity index (χ1n) is 13.0. The zero-order chi connectivity index (χ0) is 29.6. The summed E-state index contributed by atoms with van der Waals surface area (Å²) in [5, 5.41) is 7.60. The number of nitrogens with two attached hydrogens (primary N) is 1. The predicted octanol–water partition coefficient (Wildman–Crippen LogP) is 3.23. The molecule has 0 aliphatic carbocycles. The summed E-state index contributed by atoms with van der Waals surface area (Å²) in [6.07, 6.45) is 0.344. The van der Waals surface area contributed by atoms with E-state index in [1.165, 1.54) is 12.1 Å². The molecule has 0 amide bonds. The Morgan fingerprint density at radius 2 is 1.61 bits per heavy atom. The Kier molecular flexibility index (Phi) is 9.03. The van der Waals surface area contributed by atoms with Crippen molar-refractivity contribution in [2.24, 2.45) is 5.73 Å². The van der Waals surface area contributed by atoms with Crippen LogP contribution < -0.4 is 10.0 Å². The van der Waals surface area contributed by atoms with Gasteiger partial charge in [-0.1, -0.05) is 42.5 Å². The molecule has 1 aromatic heterocycles. The van der Waals surface area contributed by atoms with Gasteiger partial charge in [0.25, 0.3) is 10.0 Å². The number of hydrogen-bond donors (Lipinski definition) is 2. The van der Waals surface area contributed by atoms with Gasteiger partial charge in [-0.25, -0.2) is 13.4 Å². The minimum Gasteiger partial charge on any atom is -0.465 e. The van der Waals surface area contributed by atoms with Crippen LogP contribution in [0.2, 0.25) is 0 Å². The molecule has 0 spiro atoms. The van der Waals surface area contributed by atoms with Crippen molar-refractivity contribution >= 4 is 44.5 Å². The van der Waals surface area contributed by atoms with Gasteiger partial charge in [-0.15, -0.1) is 0 Å². The number of amidine groups is 1. The van der Waals surface area contributed by atoms with Gasteiger partial charge in [-0.2, -0.15) is 0 Å². The Bertz CT molecular complexity index is 1670. The van der Waals surface area contributed by atoms with E-state index in [9.17, 15) is 18.0 Å². The van der Waals surface area contributed by atoms with Crippen molar-refractivity contribution in [3.63, 3.8) is 0 Å². The maximum absolute atomic E-state index is 13.6. The van der Waals surface area contributed by atoms with Crippen molar-refractivity contribution in [3.8, 4) is 0 Å². The van der Waals surface area contributed by atoms with Crippen molar-refractivity contribution in [3.05, 3.63) is 89.7 Å². The molecule has 3 N–H and O–H groups in total. The molecular weight excluding hydrogens is 546 g/mol. The summed E-state index contributed by atoms with van der Waals surface area (Å²) in [6, 6.07) is 19.7. The largest absolute Gasteiger partial charge is 0.465 e. The molecule has 0 aliphatic rings. The lowest BCUT2D eigenvalue weighted by Gasteiger charge is -2.23. The predicted molar refractivity (Wildman–Crippen MR) is 154 cm³/mol. The van der Waals surface area contributed by atoms with E-state index < -0.39 is 28.5 Å². The van der Waals surface area contributed by atoms with Crippen LogP contribution in [-0.4, -0.2) is 55.5 Å². The first-order valence-corrected chi connectivity index (χ1v) is 14.4. The normalized spacial score (nSPS) is 11.3. The molecule has 0 aliphatic heterocycles. The molecule has 0 bridgehead atoms. The highest BCUT2D eigenvalue weighted by Gasteiger charge is 2.28. The molecule has 0 radical (unpaired) electrons. The number of aromatic nitrogens is 2. The number of benzene rings is 3. The van der Waals surface area contributed by atoms with Gasteiger partial charge in [0.1, 0.15) is 24.7 Å². The zero-order valence-electron chi connectivity index (χ0n) is 22.7. The highest BCUT2D eigenvalue weighted by molar-refractivity contribution is 7.92. The maximum Gasteiger partial charge on any atom is 0.326 e. The monoisotopic (exact) mass is 577 g/mol. The summed E-state index contributed by atoms with van der Waals surface area (Å²) >= 11 is 0. The molecule has 41 heavy (non-hydrogen) atoms. The molecule has 0 saturated heterocycles. The average molecular weight is 578 g/mol. The van der Waals surface area contributed by atoms with Gasteiger partial charge in [0.15, 0.2) is 0 Å². The van der Waals surface area contributed by atoms with Gasteiger partial charge in [0, 0.05) is 12.0 Å². The quantitative estimate of drug-likeness (QED) is 0.148. The molecule has 0 atom stereocenters. The lowest BCUT2D eigenvalue weighted by atomic mass is 10.1. The molecule has 0 fully saturated rings. The zero-order valence-corrected chi connectivity index (χ0v) is 23.6. The van der Waals surface area contributed by atoms with Gasteiger partial charge in [-0.3, -0.25) is 19.3 Å². The summed E-state index contributed by atoms with van der Waals surface area (Å²) in [4.78, 5) is 29.7. The standard InChI is InChI=1S/C29H31N5O6S/c1-3-39-27(35)18-33-25-15-14-22(17-24(25)32-26(33)16-20-10-12-21(13-11-20)29(30)31)34(19-28(36)40-4-2)41(37,38)23-8-6-5-7-9-23/h5-15,17H,3-4,16,18-19H2,1-2H3,(H3,30,31). The third-order valence-electron chi connectivity index (χ3n) is 6.23. The van der Waals surface area contributed by atoms with E-state index in [-0.39, 0.29) is 36.2 Å². The van der Waals surface area contributed by atoms with E-state index >= 15 is 0 Å². The highest BCUT2D eigenvalue weighted by atomic mass is 32.2. The van der Waals surface area contributed by atoms with Crippen LogP contribution in [0.1, 0.15) is 30.8 Å². The molecular formula is C29H31N5O6S. The maximum atomic E-state index is 13.6. The number of carbonyl (C=O) groups excluding carboxylic acids is 2. The van der Waals surface area contributed by atoms with E-state index in [4.69, 9.17) is 25.6 Å². The van der Waals surface area contributed by atoms with Gasteiger partial charge < -0.3 is 19.8 Å². The van der Waals surface area contributed by atoms with Gasteiger partial charge in [0.05, 0.1) is 34.8 Å². The van der Waals surface area contributed by atoms with E-state index in [1.54, 1.807) is 66.9 Å². The third kappa shape index (κ3) is 6.72. The average Bonchev–Trinajstić information content (AvgIpc) is 3.28. The second kappa shape index (κ2) is 12.6. The van der Waals surface area contributed by atoms with E-state index in [0.29, 0.717) is 28.8 Å². The van der Waals surface area contributed by atoms with Crippen molar-refractivity contribution in [1.82, 2.24) is 9.55 Å². The number of anilines is 1. The van der Waals surface area contributed by atoms with Crippen molar-refractivity contribution < 1.29 is 27.5 Å². The fourth-order valence-electron chi connectivity index (χ4n) is 4.31. The Morgan fingerprint density at radius 1 is 0.951 bits per heavy atom. The van der Waals surface area contributed by atoms with Crippen molar-refractivity contribution in [2.45, 2.75) is 31.7 Å². The van der Waals surface area contributed by atoms with E-state index in [1.807, 2.05) is 12.1 Å². The Hall–Kier alpha value is -4.71. The fraction of sp³-hybridized carbons (Fsp3) is 0.241. The van der Waals surface area contributed by atoms with Gasteiger partial charge in [0.2, 0.25) is 0 Å². The van der Waals surface area contributed by atoms with Crippen LogP contribution in [0, 0.1) is 5.41 Å². The van der Waals surface area contributed by atoms with Crippen molar-refractivity contribution in [2.75, 3.05) is 24.1 Å². The highest BCUT2D eigenvalue weighted by Crippen LogP contribution is 2.29. The van der Waals surface area contributed by atoms with Crippen LogP contribution in [0.3, 0.4) is 0 Å². The number of imidazole rings is 1. The van der Waals surface area contributed by atoms with Crippen LogP contribution in [0.15, 0.2) is 77.7 Å². The van der Waals surface area contributed by atoms with E-state index in [2.05, 4.69) is 0 Å². The Morgan fingerprint density at radius 3 is 2.24 bits per heavy atom. The fourth-order valence-corrected chi connectivity index (χ4v) is 5.74. The van der Waals surface area contributed by atoms with Crippen LogP contribution in [-0.2, 0) is 42.1 Å². The van der Waals surface area contributed by atoms with Crippen LogP contribution in [0.25, 0.3) is 11.0 Å². The number of rotatable bonds is 12. The summed E-state index contributed by atoms with van der Waals surface area (Å²) < 4.78 is 40.2. The second-order valence-corrected chi connectivity index (χ2v) is 10.9. The molecule has 4 rings (SSSR count). The number of fused-ring (bicyclic) bond motifs is 1. The number of sulfonamides is 1. The van der Waals surface area contributed by atoms with Gasteiger partial charge >= 0.3 is 11.9 Å². The van der Waals surface area contributed by atoms with Gasteiger partial charge in [-0.05, 0) is 49.7 Å². The Balaban J connectivity index is 1.80. The SMILES string of the molecule is CCOC(=O)CN(c1ccc2c(c1)nc(Cc1ccc(C(=N)N)cc1)n2CC(=O)OCC)S(=O)(=O)c1ccccc1. The molecule has 1 heterocycles. The summed E-state index contributed by atoms with van der Waals surface area (Å²) in [5.41, 5.74) is 8.25. The number of hydrogen-bond acceptors (Lipinski definition) is 8. The molecule has 11 nitrogen and oxygen atoms in total. The van der Waals surface area contributed by atoms with Crippen molar-refractivity contribution in [1.29, 1.82) is 5.41 Å². The number of esters is 2. The minimum atomic E-state index is -4.13. The van der Waals surface area contributed by atoms with Crippen LogP contribution in [0.4, 0.5) is 5.69 Å². The summed E-state index contributed by atoms with van der Waals surface area (Å²) in [7, 11) is -4.13. The number of ether oxygens (including phenoxy) is 2. The van der Waals surface area contributed by atoms with E-state index in [0.717, 1.165) is 9.87 Å². The first kappa shape index (κ1) is 29.3. The first-order chi connectivity index (χ1) is 19.6. The lowest BCUT2D eigenvalue weighted by molar-refractivity contribution is -0.144. The summed E-state index contributed by atoms with van der Waals surface area (Å²) in [6.45, 7) is 3.06. The molecule has 3 aromatic carbocycles. The number of carbonyl (C=O) groups is 2. The molecule has 12 heteroatoms. The second-order valence-electron chi connectivity index (χ2n) is 9.01.